The van der Waals surface area contributed by atoms with Gasteiger partial charge < -0.3 is 0 Å². The third-order valence-electron chi connectivity index (χ3n) is 5.44. The van der Waals surface area contributed by atoms with Crippen LogP contribution in [-0.4, -0.2) is 9.73 Å². The summed E-state index contributed by atoms with van der Waals surface area (Å²) in [6.07, 6.45) is 2.73. The van der Waals surface area contributed by atoms with Crippen LogP contribution in [0.2, 0.25) is 0 Å². The van der Waals surface area contributed by atoms with Gasteiger partial charge in [0.1, 0.15) is 0 Å². The first-order valence-corrected chi connectivity index (χ1v) is 11.4. The largest absolute Gasteiger partial charge is 0.0843 e. The van der Waals surface area contributed by atoms with Gasteiger partial charge in [-0.25, -0.2) is 0 Å². The highest BCUT2D eigenvalue weighted by atomic mass is 32.1. The Labute approximate surface area is 195 Å². The fraction of sp³-hybridized carbons (Fsp3) is 0.103. The molecule has 4 rings (SSSR count). The maximum atomic E-state index is 5.68. The van der Waals surface area contributed by atoms with Crippen molar-refractivity contribution in [2.24, 2.45) is 0 Å². The van der Waals surface area contributed by atoms with E-state index in [0.717, 1.165) is 40.1 Å². The van der Waals surface area contributed by atoms with Crippen molar-refractivity contribution in [2.45, 2.75) is 19.3 Å². The summed E-state index contributed by atoms with van der Waals surface area (Å²) in [5, 5.41) is 0. The minimum absolute atomic E-state index is 0.877. The van der Waals surface area contributed by atoms with Gasteiger partial charge in [0.2, 0.25) is 0 Å². The molecule has 0 heterocycles. The SMILES string of the molecule is S=C(CCCC(=S)c1ccc(-c2ccccc2)cc1)c1ccc(-c2ccccc2)cc1. The Bertz CT molecular complexity index is 1050. The van der Waals surface area contributed by atoms with E-state index in [1.807, 2.05) is 12.1 Å². The average Bonchev–Trinajstić information content (AvgIpc) is 2.85. The van der Waals surface area contributed by atoms with Gasteiger partial charge in [-0.05, 0) is 52.6 Å². The molecule has 31 heavy (non-hydrogen) atoms. The highest BCUT2D eigenvalue weighted by Gasteiger charge is 2.06. The summed E-state index contributed by atoms with van der Waals surface area (Å²) in [4.78, 5) is 2.00. The predicted octanol–water partition coefficient (Wildman–Crippen LogP) is 8.33. The zero-order chi connectivity index (χ0) is 21.5. The molecule has 0 aliphatic carbocycles. The molecule has 0 atom stereocenters. The lowest BCUT2D eigenvalue weighted by Gasteiger charge is -2.08. The molecular formula is C29H24S2. The molecule has 152 valence electrons. The quantitative estimate of drug-likeness (QED) is 0.201. The molecule has 0 fully saturated rings. The van der Waals surface area contributed by atoms with Gasteiger partial charge in [-0.1, -0.05) is 134 Å². The van der Waals surface area contributed by atoms with Crippen molar-refractivity contribution < 1.29 is 0 Å². The van der Waals surface area contributed by atoms with Gasteiger partial charge in [-0.2, -0.15) is 0 Å². The summed E-state index contributed by atoms with van der Waals surface area (Å²) >= 11 is 11.4. The molecule has 0 spiro atoms. The molecule has 0 unspecified atom stereocenters. The van der Waals surface area contributed by atoms with Crippen LogP contribution in [0.4, 0.5) is 0 Å². The van der Waals surface area contributed by atoms with Crippen molar-refractivity contribution in [1.82, 2.24) is 0 Å². The third-order valence-corrected chi connectivity index (χ3v) is 6.32. The monoisotopic (exact) mass is 436 g/mol. The Morgan fingerprint density at radius 2 is 0.742 bits per heavy atom. The summed E-state index contributed by atoms with van der Waals surface area (Å²) < 4.78 is 0. The van der Waals surface area contributed by atoms with Crippen molar-refractivity contribution in [1.29, 1.82) is 0 Å². The van der Waals surface area contributed by atoms with Crippen LogP contribution in [0.3, 0.4) is 0 Å². The van der Waals surface area contributed by atoms with Crippen LogP contribution in [0.25, 0.3) is 22.3 Å². The van der Waals surface area contributed by atoms with Crippen molar-refractivity contribution in [2.75, 3.05) is 0 Å². The Balaban J connectivity index is 1.29. The van der Waals surface area contributed by atoms with Gasteiger partial charge >= 0.3 is 0 Å². The van der Waals surface area contributed by atoms with Gasteiger partial charge in [0.15, 0.2) is 0 Å². The minimum Gasteiger partial charge on any atom is -0.0843 e. The van der Waals surface area contributed by atoms with E-state index < -0.39 is 0 Å². The van der Waals surface area contributed by atoms with Gasteiger partial charge in [-0.15, -0.1) is 0 Å². The molecular weight excluding hydrogens is 412 g/mol. The molecule has 0 bridgehead atoms. The van der Waals surface area contributed by atoms with Crippen LogP contribution in [0, 0.1) is 0 Å². The minimum atomic E-state index is 0.877. The highest BCUT2D eigenvalue weighted by Crippen LogP contribution is 2.22. The highest BCUT2D eigenvalue weighted by molar-refractivity contribution is 7.81. The molecule has 0 saturated heterocycles. The van der Waals surface area contributed by atoms with Crippen LogP contribution >= 0.6 is 24.4 Å². The van der Waals surface area contributed by atoms with Gasteiger partial charge in [0.25, 0.3) is 0 Å². The summed E-state index contributed by atoms with van der Waals surface area (Å²) in [7, 11) is 0. The summed E-state index contributed by atoms with van der Waals surface area (Å²) in [5.74, 6) is 0. The number of hydrogen-bond acceptors (Lipinski definition) is 2. The molecule has 0 radical (unpaired) electrons. The van der Waals surface area contributed by atoms with Crippen LogP contribution in [-0.2, 0) is 0 Å². The van der Waals surface area contributed by atoms with E-state index in [4.69, 9.17) is 24.4 Å². The van der Waals surface area contributed by atoms with E-state index >= 15 is 0 Å². The molecule has 0 aliphatic heterocycles. The van der Waals surface area contributed by atoms with E-state index in [1.54, 1.807) is 0 Å². The molecule has 4 aromatic rings. The average molecular weight is 437 g/mol. The normalized spacial score (nSPS) is 10.6. The predicted molar refractivity (Wildman–Crippen MR) is 141 cm³/mol. The van der Waals surface area contributed by atoms with Crippen LogP contribution in [0.15, 0.2) is 109 Å². The maximum Gasteiger partial charge on any atom is 0.0224 e. The van der Waals surface area contributed by atoms with E-state index in [9.17, 15) is 0 Å². The molecule has 0 amide bonds. The second kappa shape index (κ2) is 10.4. The zero-order valence-electron chi connectivity index (χ0n) is 17.3. The second-order valence-electron chi connectivity index (χ2n) is 7.59. The van der Waals surface area contributed by atoms with Crippen LogP contribution in [0.1, 0.15) is 30.4 Å². The first kappa shape index (κ1) is 21.3. The van der Waals surface area contributed by atoms with Gasteiger partial charge in [0.05, 0.1) is 0 Å². The van der Waals surface area contributed by atoms with Gasteiger partial charge in [0, 0.05) is 9.73 Å². The Kier molecular flexibility index (Phi) is 7.14. The lowest BCUT2D eigenvalue weighted by atomic mass is 9.99. The fourth-order valence-electron chi connectivity index (χ4n) is 3.66. The standard InChI is InChI=1S/C29H24S2/c30-28(26-18-14-24(15-19-26)22-8-3-1-4-9-22)12-7-13-29(31)27-20-16-25(17-21-27)23-10-5-2-6-11-23/h1-6,8-11,14-21H,7,12-13H2. The molecule has 0 aromatic heterocycles. The molecule has 0 aliphatic rings. The maximum absolute atomic E-state index is 5.68. The number of benzene rings is 4. The van der Waals surface area contributed by atoms with E-state index in [-0.39, 0.29) is 0 Å². The molecule has 2 heteroatoms. The van der Waals surface area contributed by atoms with Gasteiger partial charge in [-0.3, -0.25) is 0 Å². The second-order valence-corrected chi connectivity index (χ2v) is 8.57. The third kappa shape index (κ3) is 5.61. The Morgan fingerprint density at radius 3 is 1.10 bits per heavy atom. The lowest BCUT2D eigenvalue weighted by molar-refractivity contribution is 0.938. The Morgan fingerprint density at radius 1 is 0.419 bits per heavy atom. The molecule has 0 saturated carbocycles. The number of thiocarbonyl (C=S) groups is 2. The molecule has 4 aromatic carbocycles. The number of rotatable bonds is 8. The van der Waals surface area contributed by atoms with Crippen molar-refractivity contribution in [3.8, 4) is 22.3 Å². The van der Waals surface area contributed by atoms with Crippen molar-refractivity contribution in [3.63, 3.8) is 0 Å². The topological polar surface area (TPSA) is 0 Å². The van der Waals surface area contributed by atoms with E-state index in [1.165, 1.54) is 22.3 Å². The smallest absolute Gasteiger partial charge is 0.0224 e. The first-order chi connectivity index (χ1) is 15.2. The number of hydrogen-bond donors (Lipinski definition) is 0. The first-order valence-electron chi connectivity index (χ1n) is 10.6. The molecule has 0 N–H and O–H groups in total. The fourth-order valence-corrected chi connectivity index (χ4v) is 4.22. The van der Waals surface area contributed by atoms with E-state index in [0.29, 0.717) is 0 Å². The van der Waals surface area contributed by atoms with Crippen LogP contribution < -0.4 is 0 Å². The van der Waals surface area contributed by atoms with Crippen molar-refractivity contribution in [3.05, 3.63) is 120 Å². The zero-order valence-corrected chi connectivity index (χ0v) is 19.0. The van der Waals surface area contributed by atoms with Crippen LogP contribution in [0.5, 0.6) is 0 Å². The Hall–Kier alpha value is -2.94. The lowest BCUT2D eigenvalue weighted by Crippen LogP contribution is -2.01. The molecule has 0 nitrogen and oxygen atoms in total. The summed E-state index contributed by atoms with van der Waals surface area (Å²) in [6.45, 7) is 0. The summed E-state index contributed by atoms with van der Waals surface area (Å²) in [6, 6.07) is 37.9. The van der Waals surface area contributed by atoms with Crippen molar-refractivity contribution >= 4 is 34.2 Å². The summed E-state index contributed by atoms with van der Waals surface area (Å²) in [5.41, 5.74) is 7.15. The van der Waals surface area contributed by atoms with E-state index in [2.05, 4.69) is 97.1 Å².